The quantitative estimate of drug-likeness (QED) is 0.617. The number of hydrogen-bond donors (Lipinski definition) is 2. The van der Waals surface area contributed by atoms with Crippen LogP contribution in [0.4, 0.5) is 0 Å². The maximum atomic E-state index is 12.0. The lowest BCUT2D eigenvalue weighted by Gasteiger charge is -2.25. The Morgan fingerprint density at radius 1 is 1.38 bits per heavy atom. The molecule has 0 aliphatic heterocycles. The Hall–Kier alpha value is -0.610. The first-order valence-electron chi connectivity index (χ1n) is 6.27. The van der Waals surface area contributed by atoms with Gasteiger partial charge in [0.05, 0.1) is 6.61 Å². The Morgan fingerprint density at radius 2 is 2.06 bits per heavy atom. The van der Waals surface area contributed by atoms with Gasteiger partial charge < -0.3 is 15.3 Å². The molecule has 0 aliphatic rings. The minimum Gasteiger partial charge on any atom is -0.395 e. The van der Waals surface area contributed by atoms with Crippen LogP contribution >= 0.6 is 0 Å². The van der Waals surface area contributed by atoms with E-state index in [4.69, 9.17) is 5.11 Å². The fourth-order valence-corrected chi connectivity index (χ4v) is 1.56. The second kappa shape index (κ2) is 9.60. The van der Waals surface area contributed by atoms with E-state index in [-0.39, 0.29) is 18.4 Å². The second-order valence-electron chi connectivity index (χ2n) is 4.11. The largest absolute Gasteiger partial charge is 0.395 e. The first-order chi connectivity index (χ1) is 7.67. The van der Waals surface area contributed by atoms with Crippen molar-refractivity contribution in [3.05, 3.63) is 0 Å². The molecule has 1 unspecified atom stereocenters. The van der Waals surface area contributed by atoms with E-state index < -0.39 is 0 Å². The van der Waals surface area contributed by atoms with Crippen molar-refractivity contribution in [1.29, 1.82) is 0 Å². The molecule has 0 aromatic heterocycles. The highest BCUT2D eigenvalue weighted by molar-refractivity contribution is 5.78. The number of unbranched alkanes of at least 4 members (excludes halogenated alkanes) is 1. The van der Waals surface area contributed by atoms with Crippen LogP contribution < -0.4 is 5.32 Å². The molecule has 0 saturated heterocycles. The fourth-order valence-electron chi connectivity index (χ4n) is 1.56. The number of nitrogens with zero attached hydrogens (tertiary/aromatic N) is 1. The zero-order valence-electron chi connectivity index (χ0n) is 10.8. The number of rotatable bonds is 9. The van der Waals surface area contributed by atoms with Crippen molar-refractivity contribution < 1.29 is 9.90 Å². The monoisotopic (exact) mass is 230 g/mol. The first-order valence-corrected chi connectivity index (χ1v) is 6.27. The molecule has 16 heavy (non-hydrogen) atoms. The van der Waals surface area contributed by atoms with Crippen molar-refractivity contribution in [3.63, 3.8) is 0 Å². The van der Waals surface area contributed by atoms with Crippen LogP contribution in [0.15, 0.2) is 0 Å². The van der Waals surface area contributed by atoms with Crippen LogP contribution in [0.3, 0.4) is 0 Å². The number of hydrogen-bond acceptors (Lipinski definition) is 3. The van der Waals surface area contributed by atoms with Gasteiger partial charge in [-0.25, -0.2) is 0 Å². The van der Waals surface area contributed by atoms with Crippen LogP contribution in [0.2, 0.25) is 0 Å². The van der Waals surface area contributed by atoms with E-state index in [9.17, 15) is 4.79 Å². The van der Waals surface area contributed by atoms with Crippen LogP contribution in [0.1, 0.15) is 33.6 Å². The zero-order chi connectivity index (χ0) is 12.4. The maximum absolute atomic E-state index is 12.0. The molecule has 4 heteroatoms. The number of carbonyl (C=O) groups is 1. The van der Waals surface area contributed by atoms with Gasteiger partial charge in [-0.1, -0.05) is 27.2 Å². The molecular formula is C12H26N2O2. The van der Waals surface area contributed by atoms with Crippen LogP contribution in [0.5, 0.6) is 0 Å². The predicted octanol–water partition coefficient (Wildman–Crippen LogP) is 0.853. The lowest BCUT2D eigenvalue weighted by Crippen LogP contribution is -2.41. The highest BCUT2D eigenvalue weighted by Crippen LogP contribution is 2.03. The molecule has 0 spiro atoms. The average molecular weight is 230 g/mol. The van der Waals surface area contributed by atoms with E-state index in [1.165, 1.54) is 0 Å². The van der Waals surface area contributed by atoms with Gasteiger partial charge in [-0.2, -0.15) is 0 Å². The number of nitrogens with one attached hydrogen (secondary N) is 1. The third-order valence-corrected chi connectivity index (χ3v) is 2.59. The minimum atomic E-state index is -0.0108. The van der Waals surface area contributed by atoms with Crippen LogP contribution in [0, 0.1) is 5.92 Å². The second-order valence-corrected chi connectivity index (χ2v) is 4.11. The Bertz CT molecular complexity index is 186. The molecule has 0 aromatic carbocycles. The molecule has 1 atom stereocenters. The first kappa shape index (κ1) is 15.4. The van der Waals surface area contributed by atoms with Gasteiger partial charge in [-0.15, -0.1) is 0 Å². The lowest BCUT2D eigenvalue weighted by atomic mass is 10.1. The molecule has 96 valence electrons. The van der Waals surface area contributed by atoms with E-state index in [1.807, 2.05) is 13.8 Å². The smallest absolute Gasteiger partial charge is 0.226 e. The van der Waals surface area contributed by atoms with E-state index >= 15 is 0 Å². The summed E-state index contributed by atoms with van der Waals surface area (Å²) >= 11 is 0. The van der Waals surface area contributed by atoms with E-state index in [0.717, 1.165) is 25.9 Å². The topological polar surface area (TPSA) is 52.6 Å². The van der Waals surface area contributed by atoms with Crippen LogP contribution in [-0.4, -0.2) is 48.7 Å². The van der Waals surface area contributed by atoms with Gasteiger partial charge in [0.1, 0.15) is 0 Å². The molecule has 4 nitrogen and oxygen atoms in total. The molecular weight excluding hydrogens is 204 g/mol. The van der Waals surface area contributed by atoms with Gasteiger partial charge in [-0.05, 0) is 13.0 Å². The molecule has 0 rings (SSSR count). The van der Waals surface area contributed by atoms with Crippen LogP contribution in [0.25, 0.3) is 0 Å². The highest BCUT2D eigenvalue weighted by atomic mass is 16.3. The van der Waals surface area contributed by atoms with Crippen molar-refractivity contribution >= 4 is 5.91 Å². The van der Waals surface area contributed by atoms with Gasteiger partial charge >= 0.3 is 0 Å². The molecule has 0 aliphatic carbocycles. The van der Waals surface area contributed by atoms with E-state index in [0.29, 0.717) is 13.1 Å². The summed E-state index contributed by atoms with van der Waals surface area (Å²) in [7, 11) is 0. The Morgan fingerprint density at radius 3 is 2.56 bits per heavy atom. The van der Waals surface area contributed by atoms with E-state index in [1.54, 1.807) is 4.90 Å². The van der Waals surface area contributed by atoms with Crippen molar-refractivity contribution in [2.24, 2.45) is 5.92 Å². The molecule has 0 fully saturated rings. The molecule has 1 amide bonds. The predicted molar refractivity (Wildman–Crippen MR) is 66.3 cm³/mol. The van der Waals surface area contributed by atoms with Gasteiger partial charge in [0, 0.05) is 25.6 Å². The molecule has 0 heterocycles. The number of aliphatic hydroxyl groups excluding tert-OH is 1. The number of carbonyl (C=O) groups excluding carboxylic acids is 1. The fraction of sp³-hybridized carbons (Fsp3) is 0.917. The molecule has 0 radical (unpaired) electrons. The van der Waals surface area contributed by atoms with E-state index in [2.05, 4.69) is 12.2 Å². The third kappa shape index (κ3) is 6.08. The maximum Gasteiger partial charge on any atom is 0.226 e. The Kier molecular flexibility index (Phi) is 9.24. The Balaban J connectivity index is 4.12. The van der Waals surface area contributed by atoms with Crippen molar-refractivity contribution in [1.82, 2.24) is 10.2 Å². The van der Waals surface area contributed by atoms with Gasteiger partial charge in [0.15, 0.2) is 0 Å². The minimum absolute atomic E-state index is 0.0108. The normalized spacial score (nSPS) is 12.5. The molecule has 2 N–H and O–H groups in total. The summed E-state index contributed by atoms with van der Waals surface area (Å²) in [5, 5.41) is 12.1. The van der Waals surface area contributed by atoms with Crippen molar-refractivity contribution in [2.75, 3.05) is 32.8 Å². The zero-order valence-corrected chi connectivity index (χ0v) is 10.8. The molecule has 0 bridgehead atoms. The molecule has 0 saturated carbocycles. The van der Waals surface area contributed by atoms with Crippen molar-refractivity contribution in [3.8, 4) is 0 Å². The highest BCUT2D eigenvalue weighted by Gasteiger charge is 2.18. The van der Waals surface area contributed by atoms with Crippen molar-refractivity contribution in [2.45, 2.75) is 33.6 Å². The Labute approximate surface area is 99.0 Å². The van der Waals surface area contributed by atoms with Gasteiger partial charge in [-0.3, -0.25) is 4.79 Å². The van der Waals surface area contributed by atoms with Gasteiger partial charge in [0.2, 0.25) is 5.91 Å². The summed E-state index contributed by atoms with van der Waals surface area (Å²) in [5.41, 5.74) is 0. The third-order valence-electron chi connectivity index (χ3n) is 2.59. The summed E-state index contributed by atoms with van der Waals surface area (Å²) in [4.78, 5) is 13.8. The molecule has 0 aromatic rings. The number of amides is 1. The standard InChI is InChI=1S/C12H26N2O2/c1-4-6-7-14(8-9-15)12(16)11(3)10-13-5-2/h11,13,15H,4-10H2,1-3H3. The SMILES string of the molecule is CCCCN(CCO)C(=O)C(C)CNCC. The summed E-state index contributed by atoms with van der Waals surface area (Å²) in [6.45, 7) is 8.91. The average Bonchev–Trinajstić information content (AvgIpc) is 2.30. The van der Waals surface area contributed by atoms with Crippen LogP contribution in [-0.2, 0) is 4.79 Å². The number of aliphatic hydroxyl groups is 1. The summed E-state index contributed by atoms with van der Waals surface area (Å²) < 4.78 is 0. The summed E-state index contributed by atoms with van der Waals surface area (Å²) in [5.74, 6) is 0.131. The summed E-state index contributed by atoms with van der Waals surface area (Å²) in [6, 6.07) is 0. The summed E-state index contributed by atoms with van der Waals surface area (Å²) in [6.07, 6.45) is 2.07. The van der Waals surface area contributed by atoms with Gasteiger partial charge in [0.25, 0.3) is 0 Å². The lowest BCUT2D eigenvalue weighted by molar-refractivity contribution is -0.135.